The first-order chi connectivity index (χ1) is 7.74. The molecule has 0 aliphatic carbocycles. The number of nitrogens with one attached hydrogen (secondary N) is 1. The Morgan fingerprint density at radius 3 is 2.62 bits per heavy atom. The Kier molecular flexibility index (Phi) is 6.04. The van der Waals surface area contributed by atoms with Crippen LogP contribution in [0.15, 0.2) is 24.3 Å². The summed E-state index contributed by atoms with van der Waals surface area (Å²) in [5, 5.41) is 3.37. The van der Waals surface area contributed by atoms with Gasteiger partial charge < -0.3 is 10.1 Å². The van der Waals surface area contributed by atoms with Crippen molar-refractivity contribution in [2.75, 3.05) is 19.8 Å². The summed E-state index contributed by atoms with van der Waals surface area (Å²) in [6.45, 7) is 6.55. The largest absolute Gasteiger partial charge is 0.382 e. The summed E-state index contributed by atoms with van der Waals surface area (Å²) in [6.07, 6.45) is 0.999. The van der Waals surface area contributed by atoms with Crippen molar-refractivity contribution in [3.05, 3.63) is 35.6 Å². The lowest BCUT2D eigenvalue weighted by molar-refractivity contribution is 0.144. The first-order valence-electron chi connectivity index (χ1n) is 5.80. The topological polar surface area (TPSA) is 21.3 Å². The molecule has 0 spiro atoms. The Bertz CT molecular complexity index is 286. The van der Waals surface area contributed by atoms with Crippen LogP contribution in [0, 0.1) is 5.82 Å². The van der Waals surface area contributed by atoms with E-state index in [1.54, 1.807) is 0 Å². The van der Waals surface area contributed by atoms with Crippen molar-refractivity contribution < 1.29 is 9.13 Å². The summed E-state index contributed by atoms with van der Waals surface area (Å²) < 4.78 is 18.0. The zero-order valence-corrected chi connectivity index (χ0v) is 10.0. The summed E-state index contributed by atoms with van der Waals surface area (Å²) in [6, 6.07) is 6.87. The van der Waals surface area contributed by atoms with E-state index in [9.17, 15) is 4.39 Å². The summed E-state index contributed by atoms with van der Waals surface area (Å²) in [4.78, 5) is 0. The molecule has 0 fully saturated rings. The van der Waals surface area contributed by atoms with Crippen molar-refractivity contribution in [3.8, 4) is 0 Å². The summed E-state index contributed by atoms with van der Waals surface area (Å²) >= 11 is 0. The minimum Gasteiger partial charge on any atom is -0.382 e. The summed E-state index contributed by atoms with van der Waals surface area (Å²) in [5.74, 6) is -0.188. The van der Waals surface area contributed by atoms with E-state index < -0.39 is 0 Å². The molecule has 0 saturated heterocycles. The van der Waals surface area contributed by atoms with Crippen molar-refractivity contribution >= 4 is 0 Å². The third-order valence-corrected chi connectivity index (χ3v) is 2.49. The monoisotopic (exact) mass is 225 g/mol. The minimum absolute atomic E-state index is 0.188. The fraction of sp³-hybridized carbons (Fsp3) is 0.538. The van der Waals surface area contributed by atoms with Crippen LogP contribution in [0.4, 0.5) is 4.39 Å². The van der Waals surface area contributed by atoms with Crippen molar-refractivity contribution in [2.24, 2.45) is 0 Å². The second-order valence-corrected chi connectivity index (χ2v) is 3.78. The maximum atomic E-state index is 12.7. The number of rotatable bonds is 7. The highest BCUT2D eigenvalue weighted by molar-refractivity contribution is 5.19. The van der Waals surface area contributed by atoms with E-state index in [4.69, 9.17) is 4.74 Å². The second kappa shape index (κ2) is 7.36. The predicted molar refractivity (Wildman–Crippen MR) is 63.9 cm³/mol. The standard InChI is InChI=1S/C13H20FNO/c1-3-16-10-4-9-15-11(2)12-5-7-13(14)8-6-12/h5-8,11,15H,3-4,9-10H2,1-2H3. The Balaban J connectivity index is 2.24. The fourth-order valence-corrected chi connectivity index (χ4v) is 1.51. The highest BCUT2D eigenvalue weighted by atomic mass is 19.1. The van der Waals surface area contributed by atoms with E-state index in [0.29, 0.717) is 0 Å². The third kappa shape index (κ3) is 4.73. The number of hydrogen-bond donors (Lipinski definition) is 1. The van der Waals surface area contributed by atoms with Crippen molar-refractivity contribution in [3.63, 3.8) is 0 Å². The first-order valence-corrected chi connectivity index (χ1v) is 5.80. The second-order valence-electron chi connectivity index (χ2n) is 3.78. The van der Waals surface area contributed by atoms with Gasteiger partial charge in [0.25, 0.3) is 0 Å². The maximum absolute atomic E-state index is 12.7. The lowest BCUT2D eigenvalue weighted by Crippen LogP contribution is -2.20. The number of halogens is 1. The van der Waals surface area contributed by atoms with Crippen LogP contribution in [0.1, 0.15) is 31.9 Å². The average molecular weight is 225 g/mol. The van der Waals surface area contributed by atoms with E-state index in [2.05, 4.69) is 12.2 Å². The molecule has 1 aromatic carbocycles. The molecule has 0 bridgehead atoms. The lowest BCUT2D eigenvalue weighted by atomic mass is 10.1. The molecule has 1 aromatic rings. The van der Waals surface area contributed by atoms with Crippen molar-refractivity contribution in [1.29, 1.82) is 0 Å². The predicted octanol–water partition coefficient (Wildman–Crippen LogP) is 2.90. The molecule has 3 heteroatoms. The van der Waals surface area contributed by atoms with Gasteiger partial charge in [0.2, 0.25) is 0 Å². The number of benzene rings is 1. The Labute approximate surface area is 96.8 Å². The van der Waals surface area contributed by atoms with Gasteiger partial charge in [0.15, 0.2) is 0 Å². The van der Waals surface area contributed by atoms with Gasteiger partial charge in [-0.3, -0.25) is 0 Å². The van der Waals surface area contributed by atoms with Crippen LogP contribution < -0.4 is 5.32 Å². The molecule has 0 amide bonds. The number of hydrogen-bond acceptors (Lipinski definition) is 2. The Morgan fingerprint density at radius 2 is 2.00 bits per heavy atom. The lowest BCUT2D eigenvalue weighted by Gasteiger charge is -2.14. The van der Waals surface area contributed by atoms with E-state index >= 15 is 0 Å². The zero-order chi connectivity index (χ0) is 11.8. The van der Waals surface area contributed by atoms with E-state index in [-0.39, 0.29) is 11.9 Å². The molecule has 1 N–H and O–H groups in total. The molecule has 0 heterocycles. The van der Waals surface area contributed by atoms with Gasteiger partial charge in [-0.2, -0.15) is 0 Å². The van der Waals surface area contributed by atoms with E-state index in [1.165, 1.54) is 12.1 Å². The van der Waals surface area contributed by atoms with Gasteiger partial charge in [-0.1, -0.05) is 12.1 Å². The van der Waals surface area contributed by atoms with Crippen LogP contribution in [-0.2, 0) is 4.74 Å². The molecular formula is C13H20FNO. The van der Waals surface area contributed by atoms with Crippen LogP contribution in [0.3, 0.4) is 0 Å². The molecule has 0 aliphatic rings. The van der Waals surface area contributed by atoms with Crippen LogP contribution in [0.2, 0.25) is 0 Å². The molecule has 0 aliphatic heterocycles. The quantitative estimate of drug-likeness (QED) is 0.720. The van der Waals surface area contributed by atoms with Crippen LogP contribution in [0.25, 0.3) is 0 Å². The van der Waals surface area contributed by atoms with Gasteiger partial charge in [0, 0.05) is 19.3 Å². The average Bonchev–Trinajstić information content (AvgIpc) is 2.29. The van der Waals surface area contributed by atoms with Crippen LogP contribution in [-0.4, -0.2) is 19.8 Å². The Morgan fingerprint density at radius 1 is 1.31 bits per heavy atom. The molecule has 16 heavy (non-hydrogen) atoms. The molecule has 2 nitrogen and oxygen atoms in total. The van der Waals surface area contributed by atoms with E-state index in [1.807, 2.05) is 19.1 Å². The molecule has 1 atom stereocenters. The van der Waals surface area contributed by atoms with Gasteiger partial charge in [0.1, 0.15) is 5.82 Å². The molecule has 1 rings (SSSR count). The van der Waals surface area contributed by atoms with Gasteiger partial charge in [-0.05, 0) is 44.5 Å². The summed E-state index contributed by atoms with van der Waals surface area (Å²) in [5.41, 5.74) is 1.11. The maximum Gasteiger partial charge on any atom is 0.123 e. The molecule has 0 aromatic heterocycles. The smallest absolute Gasteiger partial charge is 0.123 e. The molecule has 90 valence electrons. The first kappa shape index (κ1) is 13.1. The molecular weight excluding hydrogens is 205 g/mol. The SMILES string of the molecule is CCOCCCNC(C)c1ccc(F)cc1. The third-order valence-electron chi connectivity index (χ3n) is 2.49. The van der Waals surface area contributed by atoms with Crippen LogP contribution >= 0.6 is 0 Å². The molecule has 0 saturated carbocycles. The van der Waals surface area contributed by atoms with E-state index in [0.717, 1.165) is 31.7 Å². The number of ether oxygens (including phenoxy) is 1. The van der Waals surface area contributed by atoms with Gasteiger partial charge in [-0.25, -0.2) is 4.39 Å². The fourth-order valence-electron chi connectivity index (χ4n) is 1.51. The highest BCUT2D eigenvalue weighted by Gasteiger charge is 2.03. The molecule has 0 radical (unpaired) electrons. The summed E-state index contributed by atoms with van der Waals surface area (Å²) in [7, 11) is 0. The van der Waals surface area contributed by atoms with Gasteiger partial charge in [-0.15, -0.1) is 0 Å². The minimum atomic E-state index is -0.188. The molecule has 1 unspecified atom stereocenters. The van der Waals surface area contributed by atoms with Gasteiger partial charge in [0.05, 0.1) is 0 Å². The van der Waals surface area contributed by atoms with Crippen LogP contribution in [0.5, 0.6) is 0 Å². The zero-order valence-electron chi connectivity index (χ0n) is 10.0. The van der Waals surface area contributed by atoms with Crippen molar-refractivity contribution in [1.82, 2.24) is 5.32 Å². The Hall–Kier alpha value is -0.930. The highest BCUT2D eigenvalue weighted by Crippen LogP contribution is 2.12. The van der Waals surface area contributed by atoms with Gasteiger partial charge >= 0.3 is 0 Å². The van der Waals surface area contributed by atoms with Crippen molar-refractivity contribution in [2.45, 2.75) is 26.3 Å². The normalized spacial score (nSPS) is 12.7.